The fourth-order valence-corrected chi connectivity index (χ4v) is 3.13. The Labute approximate surface area is 172 Å². The molecule has 1 aromatic heterocycles. The van der Waals surface area contributed by atoms with Crippen LogP contribution in [0.15, 0.2) is 84.9 Å². The number of carbonyl (C=O) groups is 1. The molecule has 0 aliphatic rings. The fourth-order valence-electron chi connectivity index (χ4n) is 3.13. The van der Waals surface area contributed by atoms with Crippen molar-refractivity contribution < 1.29 is 9.72 Å². The van der Waals surface area contributed by atoms with E-state index < -0.39 is 4.92 Å². The maximum Gasteiger partial charge on any atom is 0.269 e. The number of carbonyl (C=O) groups excluding carboxylic acids is 1. The number of hydrogen-bond acceptors (Lipinski definition) is 4. The summed E-state index contributed by atoms with van der Waals surface area (Å²) >= 11 is 0. The predicted octanol–water partition coefficient (Wildman–Crippen LogP) is 5.01. The number of nitrogens with zero attached hydrogens (tertiary/aromatic N) is 3. The van der Waals surface area contributed by atoms with Gasteiger partial charge in [-0.15, -0.1) is 0 Å². The summed E-state index contributed by atoms with van der Waals surface area (Å²) < 4.78 is 1.85. The van der Waals surface area contributed by atoms with Crippen molar-refractivity contribution in [3.63, 3.8) is 0 Å². The van der Waals surface area contributed by atoms with Crippen LogP contribution in [0.4, 0.5) is 11.4 Å². The van der Waals surface area contributed by atoms with Gasteiger partial charge in [-0.25, -0.2) is 4.68 Å². The molecule has 0 aliphatic heterocycles. The summed E-state index contributed by atoms with van der Waals surface area (Å²) in [7, 11) is 0. The van der Waals surface area contributed by atoms with Crippen molar-refractivity contribution in [2.45, 2.75) is 6.92 Å². The van der Waals surface area contributed by atoms with Crippen LogP contribution >= 0.6 is 0 Å². The fraction of sp³-hybridized carbons (Fsp3) is 0.0435. The normalized spacial score (nSPS) is 10.6. The minimum Gasteiger partial charge on any atom is -0.322 e. The lowest BCUT2D eigenvalue weighted by Crippen LogP contribution is -2.12. The Bertz CT molecular complexity index is 1200. The minimum atomic E-state index is -0.481. The molecule has 1 heterocycles. The number of anilines is 1. The monoisotopic (exact) mass is 398 g/mol. The Balaban J connectivity index is 1.55. The zero-order valence-electron chi connectivity index (χ0n) is 16.1. The van der Waals surface area contributed by atoms with Gasteiger partial charge in [-0.1, -0.05) is 30.3 Å². The second-order valence-electron chi connectivity index (χ2n) is 6.75. The molecule has 0 fully saturated rings. The summed E-state index contributed by atoms with van der Waals surface area (Å²) in [4.78, 5) is 22.8. The first kappa shape index (κ1) is 19.1. The van der Waals surface area contributed by atoms with Gasteiger partial charge in [0.2, 0.25) is 0 Å². The molecule has 0 unspecified atom stereocenters. The largest absolute Gasteiger partial charge is 0.322 e. The third-order valence-corrected chi connectivity index (χ3v) is 4.61. The maximum atomic E-state index is 12.5. The van der Waals surface area contributed by atoms with Gasteiger partial charge >= 0.3 is 0 Å². The van der Waals surface area contributed by atoms with Gasteiger partial charge in [0.1, 0.15) is 0 Å². The average molecular weight is 398 g/mol. The van der Waals surface area contributed by atoms with E-state index >= 15 is 0 Å². The van der Waals surface area contributed by atoms with Gasteiger partial charge in [-0.2, -0.15) is 5.10 Å². The van der Waals surface area contributed by atoms with E-state index in [-0.39, 0.29) is 11.6 Å². The van der Waals surface area contributed by atoms with E-state index in [1.165, 1.54) is 24.3 Å². The Hall–Kier alpha value is -4.26. The Morgan fingerprint density at radius 3 is 2.27 bits per heavy atom. The second-order valence-corrected chi connectivity index (χ2v) is 6.75. The molecule has 4 rings (SSSR count). The van der Waals surface area contributed by atoms with Crippen LogP contribution < -0.4 is 5.32 Å². The van der Waals surface area contributed by atoms with Crippen LogP contribution in [0.5, 0.6) is 0 Å². The van der Waals surface area contributed by atoms with Crippen LogP contribution in [0.2, 0.25) is 0 Å². The highest BCUT2D eigenvalue weighted by Gasteiger charge is 2.12. The van der Waals surface area contributed by atoms with Crippen LogP contribution in [0.25, 0.3) is 16.9 Å². The highest BCUT2D eigenvalue weighted by molar-refractivity contribution is 6.04. The zero-order chi connectivity index (χ0) is 21.1. The lowest BCUT2D eigenvalue weighted by atomic mass is 10.1. The Morgan fingerprint density at radius 1 is 0.967 bits per heavy atom. The van der Waals surface area contributed by atoms with Crippen molar-refractivity contribution in [2.24, 2.45) is 0 Å². The summed E-state index contributed by atoms with van der Waals surface area (Å²) in [5, 5.41) is 18.1. The van der Waals surface area contributed by atoms with Crippen molar-refractivity contribution in [1.29, 1.82) is 0 Å². The van der Waals surface area contributed by atoms with E-state index in [2.05, 4.69) is 10.4 Å². The molecule has 0 atom stereocenters. The number of amides is 1. The van der Waals surface area contributed by atoms with Crippen LogP contribution in [-0.4, -0.2) is 20.6 Å². The highest BCUT2D eigenvalue weighted by atomic mass is 16.6. The van der Waals surface area contributed by atoms with Crippen molar-refractivity contribution in [2.75, 3.05) is 5.32 Å². The summed E-state index contributed by atoms with van der Waals surface area (Å²) in [6, 6.07) is 24.8. The molecule has 3 aromatic carbocycles. The number of nitro groups is 1. The van der Waals surface area contributed by atoms with E-state index in [1.807, 2.05) is 60.1 Å². The molecule has 4 aromatic rings. The third kappa shape index (κ3) is 3.95. The van der Waals surface area contributed by atoms with E-state index in [4.69, 9.17) is 0 Å². The minimum absolute atomic E-state index is 0.0268. The van der Waals surface area contributed by atoms with Crippen molar-refractivity contribution in [1.82, 2.24) is 9.78 Å². The Kier molecular flexibility index (Phi) is 5.09. The van der Waals surface area contributed by atoms with Gasteiger partial charge in [0.25, 0.3) is 11.6 Å². The van der Waals surface area contributed by atoms with Gasteiger partial charge in [0.15, 0.2) is 0 Å². The van der Waals surface area contributed by atoms with E-state index in [0.717, 1.165) is 22.6 Å². The van der Waals surface area contributed by atoms with Crippen LogP contribution in [0, 0.1) is 17.0 Å². The van der Waals surface area contributed by atoms with Gasteiger partial charge in [0.05, 0.1) is 22.0 Å². The maximum absolute atomic E-state index is 12.5. The van der Waals surface area contributed by atoms with Gasteiger partial charge in [0, 0.05) is 28.9 Å². The summed E-state index contributed by atoms with van der Waals surface area (Å²) in [6.45, 7) is 1.94. The van der Waals surface area contributed by atoms with Crippen molar-refractivity contribution in [3.05, 3.63) is 106 Å². The molecule has 0 bridgehead atoms. The van der Waals surface area contributed by atoms with Crippen LogP contribution in [0.3, 0.4) is 0 Å². The third-order valence-electron chi connectivity index (χ3n) is 4.61. The highest BCUT2D eigenvalue weighted by Crippen LogP contribution is 2.24. The van der Waals surface area contributed by atoms with Crippen molar-refractivity contribution >= 4 is 17.3 Å². The first-order valence-corrected chi connectivity index (χ1v) is 9.29. The molecule has 7 heteroatoms. The molecular weight excluding hydrogens is 380 g/mol. The number of hydrogen-bond donors (Lipinski definition) is 1. The van der Waals surface area contributed by atoms with Gasteiger partial charge in [-0.3, -0.25) is 14.9 Å². The lowest BCUT2D eigenvalue weighted by Gasteiger charge is -2.09. The molecular formula is C23H18N4O3. The number of benzene rings is 3. The molecule has 7 nitrogen and oxygen atoms in total. The molecule has 0 saturated carbocycles. The van der Waals surface area contributed by atoms with Crippen LogP contribution in [0.1, 0.15) is 16.1 Å². The molecule has 1 N–H and O–H groups in total. The van der Waals surface area contributed by atoms with E-state index in [9.17, 15) is 14.9 Å². The van der Waals surface area contributed by atoms with Gasteiger partial charge < -0.3 is 5.32 Å². The summed E-state index contributed by atoms with van der Waals surface area (Å²) in [5.41, 5.74) is 4.70. The average Bonchev–Trinajstić information content (AvgIpc) is 3.16. The summed E-state index contributed by atoms with van der Waals surface area (Å²) in [5.74, 6) is -0.296. The molecule has 0 aliphatic carbocycles. The number of aromatic nitrogens is 2. The quantitative estimate of drug-likeness (QED) is 0.378. The van der Waals surface area contributed by atoms with E-state index in [0.29, 0.717) is 11.3 Å². The molecule has 1 amide bonds. The first-order chi connectivity index (χ1) is 14.5. The SMILES string of the molecule is Cc1cc(-c2ccccc2)n(-c2ccc(C(=O)Nc3ccc([N+](=O)[O-])cc3)cc2)n1. The molecule has 0 saturated heterocycles. The first-order valence-electron chi connectivity index (χ1n) is 9.29. The number of rotatable bonds is 5. The molecule has 30 heavy (non-hydrogen) atoms. The standard InChI is InChI=1S/C23H18N4O3/c1-16-15-22(17-5-3-2-4-6-17)26(25-16)20-11-7-18(8-12-20)23(28)24-19-9-13-21(14-10-19)27(29)30/h2-15H,1H3,(H,24,28). The topological polar surface area (TPSA) is 90.1 Å². The summed E-state index contributed by atoms with van der Waals surface area (Å²) in [6.07, 6.45) is 0. The smallest absolute Gasteiger partial charge is 0.269 e. The number of nitro benzene ring substituents is 1. The van der Waals surface area contributed by atoms with Crippen molar-refractivity contribution in [3.8, 4) is 16.9 Å². The molecule has 0 radical (unpaired) electrons. The second kappa shape index (κ2) is 8.00. The Morgan fingerprint density at radius 2 is 1.63 bits per heavy atom. The zero-order valence-corrected chi connectivity index (χ0v) is 16.1. The van der Waals surface area contributed by atoms with Crippen LogP contribution in [-0.2, 0) is 0 Å². The number of nitrogens with one attached hydrogen (secondary N) is 1. The predicted molar refractivity (Wildman–Crippen MR) is 115 cm³/mol. The molecule has 148 valence electrons. The molecule has 0 spiro atoms. The number of non-ortho nitro benzene ring substituents is 1. The van der Waals surface area contributed by atoms with Gasteiger partial charge in [-0.05, 0) is 49.4 Å². The number of aryl methyl sites for hydroxylation is 1. The lowest BCUT2D eigenvalue weighted by molar-refractivity contribution is -0.384. The van der Waals surface area contributed by atoms with E-state index in [1.54, 1.807) is 12.1 Å².